The Morgan fingerprint density at radius 2 is 2.12 bits per heavy atom. The largest absolute Gasteiger partial charge is 0.354 e. The van der Waals surface area contributed by atoms with Gasteiger partial charge in [0.25, 0.3) is 5.91 Å². The first kappa shape index (κ1) is 15.6. The zero-order chi connectivity index (χ0) is 17.1. The highest BCUT2D eigenvalue weighted by atomic mass is 16.1. The molecule has 7 nitrogen and oxygen atoms in total. The van der Waals surface area contributed by atoms with E-state index in [0.29, 0.717) is 23.7 Å². The van der Waals surface area contributed by atoms with Gasteiger partial charge in [-0.2, -0.15) is 0 Å². The fraction of sp³-hybridized carbons (Fsp3) is 0.333. The Labute approximate surface area is 145 Å². The molecule has 1 fully saturated rings. The molecule has 0 bridgehead atoms. The summed E-state index contributed by atoms with van der Waals surface area (Å²) in [5.41, 5.74) is 2.26. The predicted octanol–water partition coefficient (Wildman–Crippen LogP) is 2.00. The van der Waals surface area contributed by atoms with Crippen LogP contribution in [-0.2, 0) is 0 Å². The molecule has 0 radical (unpaired) electrons. The third kappa shape index (κ3) is 3.31. The molecule has 128 valence electrons. The topological polar surface area (TPSA) is 86.8 Å². The number of anilines is 1. The molecule has 3 heterocycles. The Bertz CT molecular complexity index is 862. The normalized spacial score (nSPS) is 17.6. The van der Waals surface area contributed by atoms with Crippen LogP contribution in [0.1, 0.15) is 23.2 Å². The summed E-state index contributed by atoms with van der Waals surface area (Å²) in [5.74, 6) is 1.27. The lowest BCUT2D eigenvalue weighted by molar-refractivity contribution is 0.0945. The first-order valence-electron chi connectivity index (χ1n) is 8.53. The van der Waals surface area contributed by atoms with Gasteiger partial charge in [-0.15, -0.1) is 0 Å². The number of carbonyl (C=O) groups is 1. The lowest BCUT2D eigenvalue weighted by Gasteiger charge is -2.33. The minimum atomic E-state index is -0.0179. The number of carbonyl (C=O) groups excluding carboxylic acids is 1. The van der Waals surface area contributed by atoms with E-state index in [0.717, 1.165) is 37.3 Å². The zero-order valence-electron chi connectivity index (χ0n) is 13.9. The van der Waals surface area contributed by atoms with Crippen molar-refractivity contribution in [1.82, 2.24) is 25.3 Å². The number of benzene rings is 1. The van der Waals surface area contributed by atoms with Gasteiger partial charge >= 0.3 is 0 Å². The maximum Gasteiger partial charge on any atom is 0.251 e. The van der Waals surface area contributed by atoms with Gasteiger partial charge in [0.2, 0.25) is 0 Å². The van der Waals surface area contributed by atoms with Crippen molar-refractivity contribution in [2.45, 2.75) is 12.8 Å². The van der Waals surface area contributed by atoms with Gasteiger partial charge in [0, 0.05) is 25.2 Å². The third-order valence-corrected chi connectivity index (χ3v) is 4.61. The van der Waals surface area contributed by atoms with Crippen LogP contribution in [0.5, 0.6) is 0 Å². The van der Waals surface area contributed by atoms with Crippen molar-refractivity contribution < 1.29 is 4.79 Å². The first-order chi connectivity index (χ1) is 12.3. The maximum atomic E-state index is 12.2. The number of amides is 1. The van der Waals surface area contributed by atoms with Gasteiger partial charge in [-0.3, -0.25) is 4.79 Å². The van der Waals surface area contributed by atoms with Crippen LogP contribution in [0.15, 0.2) is 43.0 Å². The average Bonchev–Trinajstić information content (AvgIpc) is 3.16. The molecule has 4 rings (SSSR count). The number of fused-ring (bicyclic) bond motifs is 1. The van der Waals surface area contributed by atoms with Crippen molar-refractivity contribution in [2.75, 3.05) is 24.5 Å². The summed E-state index contributed by atoms with van der Waals surface area (Å²) in [5, 5.41) is 3.05. The summed E-state index contributed by atoms with van der Waals surface area (Å²) in [4.78, 5) is 30.4. The van der Waals surface area contributed by atoms with E-state index < -0.39 is 0 Å². The van der Waals surface area contributed by atoms with E-state index in [9.17, 15) is 4.79 Å². The monoisotopic (exact) mass is 336 g/mol. The molecule has 1 aliphatic rings. The van der Waals surface area contributed by atoms with Crippen LogP contribution in [0, 0.1) is 5.92 Å². The van der Waals surface area contributed by atoms with E-state index in [4.69, 9.17) is 0 Å². The summed E-state index contributed by atoms with van der Waals surface area (Å²) in [6.07, 6.45) is 5.37. The van der Waals surface area contributed by atoms with E-state index in [2.05, 4.69) is 30.2 Å². The van der Waals surface area contributed by atoms with Crippen molar-refractivity contribution in [2.24, 2.45) is 5.92 Å². The Morgan fingerprint density at radius 1 is 1.24 bits per heavy atom. The lowest BCUT2D eigenvalue weighted by Crippen LogP contribution is -2.41. The van der Waals surface area contributed by atoms with E-state index in [1.165, 1.54) is 0 Å². The van der Waals surface area contributed by atoms with Gasteiger partial charge in [0.15, 0.2) is 11.5 Å². The summed E-state index contributed by atoms with van der Waals surface area (Å²) in [7, 11) is 0. The maximum absolute atomic E-state index is 12.2. The number of nitrogens with one attached hydrogen (secondary N) is 2. The number of H-pyrrole nitrogens is 1. The van der Waals surface area contributed by atoms with Crippen LogP contribution in [0.2, 0.25) is 0 Å². The summed E-state index contributed by atoms with van der Waals surface area (Å²) in [6.45, 7) is 2.48. The molecule has 25 heavy (non-hydrogen) atoms. The number of hydrogen-bond donors (Lipinski definition) is 2. The SMILES string of the molecule is O=C(NC[C@H]1CCCN(c2ncnc3nc[nH]c23)C1)c1ccccc1. The highest BCUT2D eigenvalue weighted by Crippen LogP contribution is 2.25. The number of aromatic nitrogens is 4. The molecular formula is C18H20N6O. The van der Waals surface area contributed by atoms with Gasteiger partial charge in [-0.1, -0.05) is 18.2 Å². The highest BCUT2D eigenvalue weighted by Gasteiger charge is 2.23. The van der Waals surface area contributed by atoms with Crippen LogP contribution in [0.25, 0.3) is 11.2 Å². The number of piperidine rings is 1. The van der Waals surface area contributed by atoms with Crippen LogP contribution in [-0.4, -0.2) is 45.5 Å². The molecular weight excluding hydrogens is 316 g/mol. The third-order valence-electron chi connectivity index (χ3n) is 4.61. The molecule has 1 aromatic carbocycles. The van der Waals surface area contributed by atoms with Crippen LogP contribution in [0.4, 0.5) is 5.82 Å². The fourth-order valence-corrected chi connectivity index (χ4v) is 3.34. The fourth-order valence-electron chi connectivity index (χ4n) is 3.34. The summed E-state index contributed by atoms with van der Waals surface area (Å²) < 4.78 is 0. The van der Waals surface area contributed by atoms with Crippen LogP contribution >= 0.6 is 0 Å². The molecule has 0 unspecified atom stereocenters. The van der Waals surface area contributed by atoms with Gasteiger partial charge in [-0.05, 0) is 30.9 Å². The summed E-state index contributed by atoms with van der Waals surface area (Å²) >= 11 is 0. The molecule has 2 aromatic heterocycles. The first-order valence-corrected chi connectivity index (χ1v) is 8.53. The van der Waals surface area contributed by atoms with Gasteiger partial charge in [0.1, 0.15) is 11.8 Å². The standard InChI is InChI=1S/C18H20N6O/c25-18(14-6-2-1-3-7-14)19-9-13-5-4-8-24(10-13)17-15-16(21-11-20-15)22-12-23-17/h1-3,6-7,11-13H,4-5,8-10H2,(H,19,25)(H,20,21,22,23)/t13-/m1/s1. The van der Waals surface area contributed by atoms with E-state index in [1.54, 1.807) is 12.7 Å². The molecule has 0 aliphatic carbocycles. The highest BCUT2D eigenvalue weighted by molar-refractivity contribution is 5.94. The second-order valence-electron chi connectivity index (χ2n) is 6.33. The zero-order valence-corrected chi connectivity index (χ0v) is 13.9. The Hall–Kier alpha value is -2.96. The van der Waals surface area contributed by atoms with Crippen molar-refractivity contribution in [3.63, 3.8) is 0 Å². The molecule has 1 atom stereocenters. The predicted molar refractivity (Wildman–Crippen MR) is 95.4 cm³/mol. The quantitative estimate of drug-likeness (QED) is 0.761. The molecule has 1 aliphatic heterocycles. The van der Waals surface area contributed by atoms with Crippen molar-refractivity contribution >= 4 is 22.9 Å². The van der Waals surface area contributed by atoms with Crippen LogP contribution in [0.3, 0.4) is 0 Å². The smallest absolute Gasteiger partial charge is 0.251 e. The van der Waals surface area contributed by atoms with Crippen molar-refractivity contribution in [3.05, 3.63) is 48.5 Å². The van der Waals surface area contributed by atoms with E-state index in [-0.39, 0.29) is 5.91 Å². The Balaban J connectivity index is 1.41. The molecule has 3 aromatic rings. The lowest BCUT2D eigenvalue weighted by atomic mass is 9.97. The number of hydrogen-bond acceptors (Lipinski definition) is 5. The Kier molecular flexibility index (Phi) is 4.28. The molecule has 0 saturated carbocycles. The van der Waals surface area contributed by atoms with E-state index in [1.807, 2.05) is 30.3 Å². The van der Waals surface area contributed by atoms with Crippen LogP contribution < -0.4 is 10.2 Å². The van der Waals surface area contributed by atoms with Gasteiger partial charge < -0.3 is 15.2 Å². The molecule has 1 amide bonds. The number of imidazole rings is 1. The number of rotatable bonds is 4. The summed E-state index contributed by atoms with van der Waals surface area (Å²) in [6, 6.07) is 9.33. The number of aromatic amines is 1. The number of nitrogens with zero attached hydrogens (tertiary/aromatic N) is 4. The molecule has 0 spiro atoms. The van der Waals surface area contributed by atoms with Crippen molar-refractivity contribution in [3.8, 4) is 0 Å². The van der Waals surface area contributed by atoms with Gasteiger partial charge in [-0.25, -0.2) is 15.0 Å². The molecule has 2 N–H and O–H groups in total. The molecule has 7 heteroatoms. The molecule has 1 saturated heterocycles. The Morgan fingerprint density at radius 3 is 3.00 bits per heavy atom. The van der Waals surface area contributed by atoms with Gasteiger partial charge in [0.05, 0.1) is 6.33 Å². The average molecular weight is 336 g/mol. The second-order valence-corrected chi connectivity index (χ2v) is 6.33. The second kappa shape index (κ2) is 6.88. The van der Waals surface area contributed by atoms with E-state index >= 15 is 0 Å². The minimum Gasteiger partial charge on any atom is -0.354 e. The van der Waals surface area contributed by atoms with Crippen molar-refractivity contribution in [1.29, 1.82) is 0 Å². The minimum absolute atomic E-state index is 0.0179.